The van der Waals surface area contributed by atoms with E-state index in [0.717, 1.165) is 43.0 Å². The van der Waals surface area contributed by atoms with Crippen LogP contribution in [-0.4, -0.2) is 27.6 Å². The third-order valence-corrected chi connectivity index (χ3v) is 3.29. The molecule has 1 aliphatic rings. The third-order valence-electron chi connectivity index (χ3n) is 3.29. The van der Waals surface area contributed by atoms with E-state index in [2.05, 4.69) is 32.7 Å². The van der Waals surface area contributed by atoms with Gasteiger partial charge in [-0.05, 0) is 36.6 Å². The average molecular weight is 271 g/mol. The minimum atomic E-state index is -0.283. The molecule has 3 N–H and O–H groups in total. The van der Waals surface area contributed by atoms with E-state index in [1.165, 1.54) is 5.56 Å². The first-order valence-corrected chi connectivity index (χ1v) is 6.85. The number of amides is 1. The number of H-pyrrole nitrogens is 1. The fourth-order valence-corrected chi connectivity index (χ4v) is 2.32. The maximum atomic E-state index is 12.1. The zero-order valence-electron chi connectivity index (χ0n) is 11.4. The van der Waals surface area contributed by atoms with Gasteiger partial charge in [-0.15, -0.1) is 5.10 Å². The number of aryl methyl sites for hydroxylation is 1. The van der Waals surface area contributed by atoms with Crippen LogP contribution in [0.4, 0.5) is 11.4 Å². The van der Waals surface area contributed by atoms with Crippen LogP contribution in [0.1, 0.15) is 35.4 Å². The molecule has 20 heavy (non-hydrogen) atoms. The maximum absolute atomic E-state index is 12.1. The molecule has 0 unspecified atom stereocenters. The summed E-state index contributed by atoms with van der Waals surface area (Å²) in [4.78, 5) is 16.2. The summed E-state index contributed by atoms with van der Waals surface area (Å²) in [6.45, 7) is 3.01. The van der Waals surface area contributed by atoms with Gasteiger partial charge < -0.3 is 10.6 Å². The van der Waals surface area contributed by atoms with E-state index in [1.54, 1.807) is 0 Å². The van der Waals surface area contributed by atoms with Crippen LogP contribution in [0.15, 0.2) is 18.2 Å². The molecule has 0 fully saturated rings. The summed E-state index contributed by atoms with van der Waals surface area (Å²) in [7, 11) is 0. The van der Waals surface area contributed by atoms with Crippen LogP contribution in [-0.2, 0) is 12.8 Å². The van der Waals surface area contributed by atoms with E-state index >= 15 is 0 Å². The summed E-state index contributed by atoms with van der Waals surface area (Å²) in [5.41, 5.74) is 3.15. The first kappa shape index (κ1) is 12.7. The van der Waals surface area contributed by atoms with Crippen molar-refractivity contribution in [3.63, 3.8) is 0 Å². The predicted molar refractivity (Wildman–Crippen MR) is 77.0 cm³/mol. The van der Waals surface area contributed by atoms with Crippen molar-refractivity contribution in [2.45, 2.75) is 26.2 Å². The van der Waals surface area contributed by atoms with Crippen molar-refractivity contribution in [2.75, 3.05) is 17.2 Å². The van der Waals surface area contributed by atoms with Crippen LogP contribution in [0, 0.1) is 0 Å². The number of hydrogen-bond donors (Lipinski definition) is 3. The second-order valence-corrected chi connectivity index (χ2v) is 4.86. The first-order chi connectivity index (χ1) is 9.76. The van der Waals surface area contributed by atoms with Gasteiger partial charge in [-0.3, -0.25) is 9.89 Å². The second-order valence-electron chi connectivity index (χ2n) is 4.86. The van der Waals surface area contributed by atoms with Gasteiger partial charge in [0, 0.05) is 24.3 Å². The van der Waals surface area contributed by atoms with Crippen LogP contribution in [0.2, 0.25) is 0 Å². The molecule has 0 saturated heterocycles. The lowest BCUT2D eigenvalue weighted by atomic mass is 10.1. The van der Waals surface area contributed by atoms with Crippen LogP contribution >= 0.6 is 0 Å². The largest absolute Gasteiger partial charge is 0.384 e. The molecule has 0 aliphatic carbocycles. The number of benzene rings is 1. The Morgan fingerprint density at radius 2 is 2.35 bits per heavy atom. The molecule has 104 valence electrons. The van der Waals surface area contributed by atoms with Gasteiger partial charge in [-0.25, -0.2) is 4.98 Å². The Balaban J connectivity index is 1.71. The van der Waals surface area contributed by atoms with Crippen LogP contribution in [0.3, 0.4) is 0 Å². The van der Waals surface area contributed by atoms with E-state index in [-0.39, 0.29) is 11.7 Å². The Morgan fingerprint density at radius 1 is 1.45 bits per heavy atom. The minimum Gasteiger partial charge on any atom is -0.384 e. The van der Waals surface area contributed by atoms with E-state index in [0.29, 0.717) is 0 Å². The van der Waals surface area contributed by atoms with Crippen molar-refractivity contribution in [1.82, 2.24) is 15.2 Å². The Bertz CT molecular complexity index is 634. The lowest BCUT2D eigenvalue weighted by molar-refractivity contribution is 0.101. The van der Waals surface area contributed by atoms with Gasteiger partial charge in [-0.2, -0.15) is 0 Å². The van der Waals surface area contributed by atoms with Gasteiger partial charge in [-0.1, -0.05) is 6.92 Å². The number of carbonyl (C=O) groups is 1. The zero-order valence-corrected chi connectivity index (χ0v) is 11.4. The highest BCUT2D eigenvalue weighted by molar-refractivity contribution is 6.01. The summed E-state index contributed by atoms with van der Waals surface area (Å²) in [6, 6.07) is 5.86. The summed E-state index contributed by atoms with van der Waals surface area (Å²) in [6.07, 6.45) is 2.75. The molecule has 2 aromatic rings. The molecule has 6 heteroatoms. The molecule has 1 aliphatic heterocycles. The molecule has 2 heterocycles. The van der Waals surface area contributed by atoms with Gasteiger partial charge in [0.15, 0.2) is 0 Å². The highest BCUT2D eigenvalue weighted by Gasteiger charge is 2.14. The molecule has 0 bridgehead atoms. The number of aromatic nitrogens is 3. The highest BCUT2D eigenvalue weighted by atomic mass is 16.2. The van der Waals surface area contributed by atoms with E-state index in [1.807, 2.05) is 18.2 Å². The smallest absolute Gasteiger partial charge is 0.295 e. The number of nitrogens with zero attached hydrogens (tertiary/aromatic N) is 2. The Hall–Kier alpha value is -2.37. The van der Waals surface area contributed by atoms with Gasteiger partial charge in [0.25, 0.3) is 5.91 Å². The predicted octanol–water partition coefficient (Wildman–Crippen LogP) is 1.98. The number of rotatable bonds is 4. The molecule has 0 saturated carbocycles. The molecular formula is C14H17N5O. The van der Waals surface area contributed by atoms with Crippen LogP contribution in [0.5, 0.6) is 0 Å². The van der Waals surface area contributed by atoms with Crippen molar-refractivity contribution >= 4 is 17.3 Å². The van der Waals surface area contributed by atoms with Gasteiger partial charge in [0.05, 0.1) is 0 Å². The average Bonchev–Trinajstić information content (AvgIpc) is 3.07. The molecule has 1 aromatic carbocycles. The quantitative estimate of drug-likeness (QED) is 0.794. The topological polar surface area (TPSA) is 82.7 Å². The first-order valence-electron chi connectivity index (χ1n) is 6.85. The van der Waals surface area contributed by atoms with E-state index < -0.39 is 0 Å². The molecule has 1 aromatic heterocycles. The van der Waals surface area contributed by atoms with Crippen molar-refractivity contribution in [2.24, 2.45) is 0 Å². The number of anilines is 2. The second kappa shape index (κ2) is 5.32. The number of fused-ring (bicyclic) bond motifs is 1. The fourth-order valence-electron chi connectivity index (χ4n) is 2.32. The molecule has 3 rings (SSSR count). The summed E-state index contributed by atoms with van der Waals surface area (Å²) in [5.74, 6) is 0.650. The molecule has 6 nitrogen and oxygen atoms in total. The normalized spacial score (nSPS) is 12.8. The molecular weight excluding hydrogens is 254 g/mol. The zero-order chi connectivity index (χ0) is 13.9. The standard InChI is InChI=1S/C14H17N5O/c1-2-3-12-17-13(19-18-12)14(20)16-10-4-5-11-9(8-10)6-7-15-11/h4-5,8,15H,2-3,6-7H2,1H3,(H,16,20)(H,17,18,19). The number of aromatic amines is 1. The Morgan fingerprint density at radius 3 is 3.20 bits per heavy atom. The highest BCUT2D eigenvalue weighted by Crippen LogP contribution is 2.25. The minimum absolute atomic E-state index is 0.187. The molecule has 0 radical (unpaired) electrons. The molecule has 0 spiro atoms. The Kier molecular flexibility index (Phi) is 3.37. The summed E-state index contributed by atoms with van der Waals surface area (Å²) < 4.78 is 0. The molecule has 1 amide bonds. The number of hydrogen-bond acceptors (Lipinski definition) is 4. The van der Waals surface area contributed by atoms with Gasteiger partial charge >= 0.3 is 0 Å². The monoisotopic (exact) mass is 271 g/mol. The van der Waals surface area contributed by atoms with Gasteiger partial charge in [0.2, 0.25) is 5.82 Å². The van der Waals surface area contributed by atoms with E-state index in [9.17, 15) is 4.79 Å². The fraction of sp³-hybridized carbons (Fsp3) is 0.357. The maximum Gasteiger partial charge on any atom is 0.295 e. The van der Waals surface area contributed by atoms with Crippen LogP contribution < -0.4 is 10.6 Å². The third kappa shape index (κ3) is 2.49. The Labute approximate surface area is 117 Å². The van der Waals surface area contributed by atoms with Crippen molar-refractivity contribution in [1.29, 1.82) is 0 Å². The summed E-state index contributed by atoms with van der Waals surface area (Å²) in [5, 5.41) is 12.8. The number of carbonyl (C=O) groups excluding carboxylic acids is 1. The number of nitrogens with one attached hydrogen (secondary N) is 3. The van der Waals surface area contributed by atoms with Gasteiger partial charge in [0.1, 0.15) is 5.82 Å². The SMILES string of the molecule is CCCc1nc(C(=O)Nc2ccc3c(c2)CCN3)n[nH]1. The van der Waals surface area contributed by atoms with E-state index in [4.69, 9.17) is 0 Å². The van der Waals surface area contributed by atoms with Crippen molar-refractivity contribution in [3.8, 4) is 0 Å². The molecule has 0 atom stereocenters. The lowest BCUT2D eigenvalue weighted by Gasteiger charge is -2.05. The van der Waals surface area contributed by atoms with Crippen molar-refractivity contribution in [3.05, 3.63) is 35.4 Å². The van der Waals surface area contributed by atoms with Crippen LogP contribution in [0.25, 0.3) is 0 Å². The summed E-state index contributed by atoms with van der Waals surface area (Å²) >= 11 is 0. The van der Waals surface area contributed by atoms with Crippen molar-refractivity contribution < 1.29 is 4.79 Å². The lowest BCUT2D eigenvalue weighted by Crippen LogP contribution is -2.14.